The maximum absolute atomic E-state index is 11.5. The molecule has 0 aliphatic heterocycles. The number of carbonyl (C=O) groups is 2. The Kier molecular flexibility index (Phi) is 4.23. The molecule has 2 aliphatic rings. The van der Waals surface area contributed by atoms with Crippen molar-refractivity contribution in [2.45, 2.75) is 31.7 Å². The van der Waals surface area contributed by atoms with Gasteiger partial charge in [-0.3, -0.25) is 0 Å². The molecule has 5 heteroatoms. The van der Waals surface area contributed by atoms with Crippen molar-refractivity contribution in [1.29, 1.82) is 0 Å². The monoisotopic (exact) mass is 253 g/mol. The number of alkyl carbamates (subject to hydrolysis) is 1. The molecule has 0 aromatic carbocycles. The van der Waals surface area contributed by atoms with Gasteiger partial charge in [0.05, 0.1) is 0 Å². The van der Waals surface area contributed by atoms with Crippen LogP contribution in [0.1, 0.15) is 25.7 Å². The summed E-state index contributed by atoms with van der Waals surface area (Å²) in [5, 5.41) is 2.89. The van der Waals surface area contributed by atoms with Gasteiger partial charge in [-0.1, -0.05) is 13.0 Å². The summed E-state index contributed by atoms with van der Waals surface area (Å²) in [7, 11) is 0. The van der Waals surface area contributed by atoms with Gasteiger partial charge in [-0.05, 0) is 31.1 Å². The van der Waals surface area contributed by atoms with Crippen LogP contribution in [0, 0.1) is 11.8 Å². The molecular weight excluding hydrogens is 234 g/mol. The normalized spacial score (nSPS) is 28.8. The molecule has 2 rings (SSSR count). The van der Waals surface area contributed by atoms with E-state index >= 15 is 0 Å². The third-order valence-electron chi connectivity index (χ3n) is 3.77. The molecule has 3 unspecified atom stereocenters. The number of amides is 1. The van der Waals surface area contributed by atoms with Crippen LogP contribution in [0.4, 0.5) is 4.79 Å². The van der Waals surface area contributed by atoms with Crippen LogP contribution in [-0.4, -0.2) is 31.3 Å². The first-order chi connectivity index (χ1) is 8.69. The Morgan fingerprint density at radius 2 is 2.00 bits per heavy atom. The fourth-order valence-corrected chi connectivity index (χ4v) is 2.95. The summed E-state index contributed by atoms with van der Waals surface area (Å²) in [6.07, 6.45) is 5.49. The van der Waals surface area contributed by atoms with Crippen molar-refractivity contribution in [3.05, 3.63) is 12.7 Å². The van der Waals surface area contributed by atoms with Gasteiger partial charge >= 0.3 is 12.1 Å². The van der Waals surface area contributed by atoms with E-state index in [1.165, 1.54) is 19.3 Å². The van der Waals surface area contributed by atoms with E-state index in [-0.39, 0.29) is 19.3 Å². The van der Waals surface area contributed by atoms with Crippen LogP contribution in [0.3, 0.4) is 0 Å². The van der Waals surface area contributed by atoms with Crippen molar-refractivity contribution in [3.63, 3.8) is 0 Å². The molecule has 5 nitrogen and oxygen atoms in total. The summed E-state index contributed by atoms with van der Waals surface area (Å²) in [5.74, 6) is 0.905. The van der Waals surface area contributed by atoms with Crippen LogP contribution in [-0.2, 0) is 14.3 Å². The van der Waals surface area contributed by atoms with Gasteiger partial charge in [-0.15, -0.1) is 0 Å². The van der Waals surface area contributed by atoms with E-state index < -0.39 is 12.1 Å². The summed E-state index contributed by atoms with van der Waals surface area (Å²) in [6.45, 7) is 3.41. The van der Waals surface area contributed by atoms with Crippen molar-refractivity contribution in [2.75, 3.05) is 13.2 Å². The summed E-state index contributed by atoms with van der Waals surface area (Å²) in [4.78, 5) is 22.2. The summed E-state index contributed by atoms with van der Waals surface area (Å²) < 4.78 is 9.64. The zero-order chi connectivity index (χ0) is 13.0. The second kappa shape index (κ2) is 5.89. The molecule has 18 heavy (non-hydrogen) atoms. The predicted molar refractivity (Wildman–Crippen MR) is 64.9 cm³/mol. The number of hydrogen-bond acceptors (Lipinski definition) is 4. The number of ether oxygens (including phenoxy) is 2. The Hall–Kier alpha value is -1.52. The van der Waals surface area contributed by atoms with Crippen molar-refractivity contribution in [1.82, 2.24) is 5.32 Å². The molecule has 3 atom stereocenters. The molecule has 1 N–H and O–H groups in total. The van der Waals surface area contributed by atoms with E-state index in [1.807, 2.05) is 0 Å². The maximum atomic E-state index is 11.5. The number of esters is 1. The number of hydrogen-bond donors (Lipinski definition) is 1. The molecule has 0 radical (unpaired) electrons. The molecule has 2 aliphatic carbocycles. The van der Waals surface area contributed by atoms with Gasteiger partial charge in [0.25, 0.3) is 0 Å². The van der Waals surface area contributed by atoms with Crippen LogP contribution in [0.2, 0.25) is 0 Å². The minimum atomic E-state index is -0.507. The van der Waals surface area contributed by atoms with Crippen molar-refractivity contribution < 1.29 is 19.1 Å². The Morgan fingerprint density at radius 1 is 1.22 bits per heavy atom. The fourth-order valence-electron chi connectivity index (χ4n) is 2.95. The molecule has 2 fully saturated rings. The third kappa shape index (κ3) is 3.24. The summed E-state index contributed by atoms with van der Waals surface area (Å²) in [5.41, 5.74) is 0. The van der Waals surface area contributed by atoms with E-state index in [9.17, 15) is 9.59 Å². The van der Waals surface area contributed by atoms with Crippen molar-refractivity contribution >= 4 is 12.1 Å². The molecule has 100 valence electrons. The van der Waals surface area contributed by atoms with Gasteiger partial charge in [0.1, 0.15) is 13.2 Å². The first-order valence-electron chi connectivity index (χ1n) is 6.41. The smallest absolute Gasteiger partial charge is 0.407 e. The average molecular weight is 253 g/mol. The third-order valence-corrected chi connectivity index (χ3v) is 3.77. The Morgan fingerprint density at radius 3 is 2.61 bits per heavy atom. The SMILES string of the molecule is C=CC(=O)OCCOC(=O)NC1CC2CCC1C2. The lowest BCUT2D eigenvalue weighted by atomic mass is 9.96. The molecule has 0 aromatic heterocycles. The van der Waals surface area contributed by atoms with Crippen LogP contribution < -0.4 is 5.32 Å². The Balaban J connectivity index is 1.58. The topological polar surface area (TPSA) is 64.6 Å². The Labute approximate surface area is 107 Å². The lowest BCUT2D eigenvalue weighted by Crippen LogP contribution is -2.39. The van der Waals surface area contributed by atoms with Crippen LogP contribution in [0.15, 0.2) is 12.7 Å². The predicted octanol–water partition coefficient (Wildman–Crippen LogP) is 1.63. The molecule has 0 saturated heterocycles. The first kappa shape index (κ1) is 12.9. The molecular formula is C13H19NO4. The van der Waals surface area contributed by atoms with Crippen molar-refractivity contribution in [3.8, 4) is 0 Å². The number of rotatable bonds is 5. The zero-order valence-corrected chi connectivity index (χ0v) is 10.4. The van der Waals surface area contributed by atoms with E-state index in [1.54, 1.807) is 0 Å². The average Bonchev–Trinajstić information content (AvgIpc) is 2.96. The van der Waals surface area contributed by atoms with Crippen LogP contribution in [0.5, 0.6) is 0 Å². The second-order valence-electron chi connectivity index (χ2n) is 4.93. The van der Waals surface area contributed by atoms with Gasteiger partial charge in [0.2, 0.25) is 0 Å². The standard InChI is InChI=1S/C13H19NO4/c1-2-12(15)17-5-6-18-13(16)14-11-8-9-3-4-10(11)7-9/h2,9-11H,1,3-8H2,(H,14,16). The number of nitrogens with one attached hydrogen (secondary N) is 1. The summed E-state index contributed by atoms with van der Waals surface area (Å²) >= 11 is 0. The molecule has 1 amide bonds. The fraction of sp³-hybridized carbons (Fsp3) is 0.692. The minimum absolute atomic E-state index is 0.0645. The van der Waals surface area contributed by atoms with E-state index in [0.29, 0.717) is 5.92 Å². The number of carbonyl (C=O) groups excluding carboxylic acids is 2. The Bertz CT molecular complexity index is 342. The van der Waals surface area contributed by atoms with Gasteiger partial charge in [-0.25, -0.2) is 9.59 Å². The van der Waals surface area contributed by atoms with E-state index in [2.05, 4.69) is 11.9 Å². The molecule has 0 heterocycles. The van der Waals surface area contributed by atoms with E-state index in [0.717, 1.165) is 18.4 Å². The summed E-state index contributed by atoms with van der Waals surface area (Å²) in [6, 6.07) is 0.270. The largest absolute Gasteiger partial charge is 0.459 e. The quantitative estimate of drug-likeness (QED) is 0.459. The van der Waals surface area contributed by atoms with Crippen molar-refractivity contribution in [2.24, 2.45) is 11.8 Å². The van der Waals surface area contributed by atoms with Gasteiger partial charge in [0, 0.05) is 12.1 Å². The zero-order valence-electron chi connectivity index (χ0n) is 10.4. The van der Waals surface area contributed by atoms with Crippen LogP contribution >= 0.6 is 0 Å². The highest BCUT2D eigenvalue weighted by Crippen LogP contribution is 2.44. The van der Waals surface area contributed by atoms with Gasteiger partial charge < -0.3 is 14.8 Å². The first-order valence-corrected chi connectivity index (χ1v) is 6.41. The minimum Gasteiger partial charge on any atom is -0.459 e. The maximum Gasteiger partial charge on any atom is 0.407 e. The second-order valence-corrected chi connectivity index (χ2v) is 4.93. The lowest BCUT2D eigenvalue weighted by molar-refractivity contribution is -0.138. The molecule has 0 spiro atoms. The number of fused-ring (bicyclic) bond motifs is 2. The van der Waals surface area contributed by atoms with Gasteiger partial charge in [0.15, 0.2) is 0 Å². The highest BCUT2D eigenvalue weighted by Gasteiger charge is 2.40. The molecule has 2 bridgehead atoms. The van der Waals surface area contributed by atoms with E-state index in [4.69, 9.17) is 9.47 Å². The van der Waals surface area contributed by atoms with Crippen LogP contribution in [0.25, 0.3) is 0 Å². The highest BCUT2D eigenvalue weighted by molar-refractivity contribution is 5.81. The molecule has 0 aromatic rings. The highest BCUT2D eigenvalue weighted by atomic mass is 16.6. The van der Waals surface area contributed by atoms with Gasteiger partial charge in [-0.2, -0.15) is 0 Å². The lowest BCUT2D eigenvalue weighted by Gasteiger charge is -2.22. The molecule has 2 saturated carbocycles.